The predicted octanol–water partition coefficient (Wildman–Crippen LogP) is 0.951. The molecule has 0 fully saturated rings. The summed E-state index contributed by atoms with van der Waals surface area (Å²) in [6.45, 7) is 1.84. The molecule has 4 heteroatoms. The first-order chi connectivity index (χ1) is 7.15. The van der Waals surface area contributed by atoms with E-state index in [0.717, 1.165) is 18.8 Å². The Balaban J connectivity index is 2.73. The van der Waals surface area contributed by atoms with Crippen LogP contribution in [-0.2, 0) is 0 Å². The van der Waals surface area contributed by atoms with Crippen LogP contribution in [0.2, 0.25) is 0 Å². The lowest BCUT2D eigenvalue weighted by molar-refractivity contribution is 0.416. The summed E-state index contributed by atoms with van der Waals surface area (Å²) in [6.07, 6.45) is 1.64. The molecule has 0 unspecified atom stereocenters. The highest BCUT2D eigenvalue weighted by Crippen LogP contribution is 2.14. The molecule has 0 radical (unpaired) electrons. The molecule has 80 valence electrons. The zero-order valence-electron chi connectivity index (χ0n) is 9.44. The maximum absolute atomic E-state index is 8.90. The van der Waals surface area contributed by atoms with Crippen LogP contribution in [0, 0.1) is 11.3 Å². The summed E-state index contributed by atoms with van der Waals surface area (Å²) < 4.78 is 0. The van der Waals surface area contributed by atoms with E-state index in [1.807, 2.05) is 38.2 Å². The molecule has 1 rings (SSSR count). The fourth-order valence-corrected chi connectivity index (χ4v) is 1.26. The smallest absolute Gasteiger partial charge is 0.163 e. The summed E-state index contributed by atoms with van der Waals surface area (Å²) in [6, 6.07) is 5.87. The third-order valence-corrected chi connectivity index (χ3v) is 2.19. The number of hydrogen-bond donors (Lipinski definition) is 0. The van der Waals surface area contributed by atoms with Crippen LogP contribution in [0.4, 0.5) is 5.69 Å². The molecule has 1 aromatic heterocycles. The minimum atomic E-state index is 0.485. The van der Waals surface area contributed by atoms with Gasteiger partial charge in [0.15, 0.2) is 5.69 Å². The lowest BCUT2D eigenvalue weighted by Crippen LogP contribution is -2.29. The Hall–Kier alpha value is -1.60. The van der Waals surface area contributed by atoms with E-state index in [4.69, 9.17) is 5.26 Å². The molecule has 0 saturated carbocycles. The first kappa shape index (κ1) is 11.5. The second-order valence-corrected chi connectivity index (χ2v) is 3.71. The van der Waals surface area contributed by atoms with Gasteiger partial charge in [-0.1, -0.05) is 0 Å². The third kappa shape index (κ3) is 3.22. The predicted molar refractivity (Wildman–Crippen MR) is 60.8 cm³/mol. The second-order valence-electron chi connectivity index (χ2n) is 3.71. The SMILES string of the molecule is CN(C)CCN(C)c1cccnc1C#N. The fourth-order valence-electron chi connectivity index (χ4n) is 1.26. The zero-order chi connectivity index (χ0) is 11.3. The van der Waals surface area contributed by atoms with E-state index in [9.17, 15) is 0 Å². The van der Waals surface area contributed by atoms with Gasteiger partial charge in [-0.05, 0) is 26.2 Å². The summed E-state index contributed by atoms with van der Waals surface area (Å²) in [4.78, 5) is 8.19. The van der Waals surface area contributed by atoms with Crippen molar-refractivity contribution in [1.29, 1.82) is 5.26 Å². The van der Waals surface area contributed by atoms with Crippen molar-refractivity contribution in [3.8, 4) is 6.07 Å². The molecule has 0 saturated heterocycles. The van der Waals surface area contributed by atoms with Gasteiger partial charge in [-0.2, -0.15) is 5.26 Å². The Morgan fingerprint density at radius 3 is 2.67 bits per heavy atom. The molecular weight excluding hydrogens is 188 g/mol. The number of nitriles is 1. The van der Waals surface area contributed by atoms with Crippen LogP contribution in [0.3, 0.4) is 0 Å². The van der Waals surface area contributed by atoms with E-state index in [1.165, 1.54) is 0 Å². The lowest BCUT2D eigenvalue weighted by Gasteiger charge is -2.21. The molecule has 0 aliphatic rings. The van der Waals surface area contributed by atoms with Crippen LogP contribution >= 0.6 is 0 Å². The van der Waals surface area contributed by atoms with Crippen LogP contribution in [0.1, 0.15) is 5.69 Å². The van der Waals surface area contributed by atoms with Crippen molar-refractivity contribution >= 4 is 5.69 Å². The number of aromatic nitrogens is 1. The Morgan fingerprint density at radius 2 is 2.07 bits per heavy atom. The van der Waals surface area contributed by atoms with Crippen molar-refractivity contribution in [2.24, 2.45) is 0 Å². The maximum atomic E-state index is 8.90. The van der Waals surface area contributed by atoms with Crippen molar-refractivity contribution in [3.63, 3.8) is 0 Å². The summed E-state index contributed by atoms with van der Waals surface area (Å²) in [5, 5.41) is 8.90. The highest BCUT2D eigenvalue weighted by Gasteiger charge is 2.07. The van der Waals surface area contributed by atoms with E-state index in [-0.39, 0.29) is 0 Å². The number of likely N-dealkylation sites (N-methyl/N-ethyl adjacent to an activating group) is 2. The van der Waals surface area contributed by atoms with Gasteiger partial charge >= 0.3 is 0 Å². The lowest BCUT2D eigenvalue weighted by atomic mass is 10.3. The van der Waals surface area contributed by atoms with Crippen LogP contribution in [0.15, 0.2) is 18.3 Å². The van der Waals surface area contributed by atoms with E-state index in [1.54, 1.807) is 6.20 Å². The highest BCUT2D eigenvalue weighted by atomic mass is 15.2. The molecule has 0 aliphatic heterocycles. The summed E-state index contributed by atoms with van der Waals surface area (Å²) in [5.41, 5.74) is 1.38. The van der Waals surface area contributed by atoms with Gasteiger partial charge in [0.2, 0.25) is 0 Å². The van der Waals surface area contributed by atoms with Crippen LogP contribution in [-0.4, -0.2) is 44.1 Å². The van der Waals surface area contributed by atoms with Crippen LogP contribution < -0.4 is 4.90 Å². The fraction of sp³-hybridized carbons (Fsp3) is 0.455. The Labute approximate surface area is 90.8 Å². The van der Waals surface area contributed by atoms with Crippen molar-refractivity contribution in [2.45, 2.75) is 0 Å². The summed E-state index contributed by atoms with van der Waals surface area (Å²) >= 11 is 0. The molecular formula is C11H16N4. The van der Waals surface area contributed by atoms with E-state index < -0.39 is 0 Å². The number of pyridine rings is 1. The number of anilines is 1. The molecule has 0 aliphatic carbocycles. The Bertz CT molecular complexity index is 354. The average Bonchev–Trinajstić information content (AvgIpc) is 2.25. The van der Waals surface area contributed by atoms with Gasteiger partial charge in [0.05, 0.1) is 5.69 Å². The van der Waals surface area contributed by atoms with E-state index in [2.05, 4.69) is 16.0 Å². The molecule has 0 bridgehead atoms. The topological polar surface area (TPSA) is 43.2 Å². The zero-order valence-corrected chi connectivity index (χ0v) is 9.44. The molecule has 4 nitrogen and oxygen atoms in total. The normalized spacial score (nSPS) is 10.1. The van der Waals surface area contributed by atoms with Gasteiger partial charge in [-0.25, -0.2) is 4.98 Å². The van der Waals surface area contributed by atoms with E-state index in [0.29, 0.717) is 5.69 Å². The monoisotopic (exact) mass is 204 g/mol. The second kappa shape index (κ2) is 5.32. The molecule has 0 N–H and O–H groups in total. The first-order valence-electron chi connectivity index (χ1n) is 4.86. The molecule has 0 atom stereocenters. The Morgan fingerprint density at radius 1 is 1.33 bits per heavy atom. The maximum Gasteiger partial charge on any atom is 0.163 e. The summed E-state index contributed by atoms with van der Waals surface area (Å²) in [7, 11) is 6.03. The van der Waals surface area contributed by atoms with Gasteiger partial charge in [0, 0.05) is 26.3 Å². The highest BCUT2D eigenvalue weighted by molar-refractivity contribution is 5.54. The molecule has 1 aromatic rings. The Kier molecular flexibility index (Phi) is 4.07. The average molecular weight is 204 g/mol. The first-order valence-corrected chi connectivity index (χ1v) is 4.86. The van der Waals surface area contributed by atoms with E-state index >= 15 is 0 Å². The number of nitrogens with zero attached hydrogens (tertiary/aromatic N) is 4. The van der Waals surface area contributed by atoms with Gasteiger partial charge in [-0.15, -0.1) is 0 Å². The molecule has 1 heterocycles. The molecule has 15 heavy (non-hydrogen) atoms. The third-order valence-electron chi connectivity index (χ3n) is 2.19. The standard InChI is InChI=1S/C11H16N4/c1-14(2)7-8-15(3)11-5-4-6-13-10(11)9-12/h4-6H,7-8H2,1-3H3. The molecule has 0 aromatic carbocycles. The summed E-state index contributed by atoms with van der Waals surface area (Å²) in [5.74, 6) is 0. The van der Waals surface area contributed by atoms with Crippen molar-refractivity contribution in [2.75, 3.05) is 39.1 Å². The van der Waals surface area contributed by atoms with Crippen molar-refractivity contribution in [3.05, 3.63) is 24.0 Å². The number of rotatable bonds is 4. The number of hydrogen-bond acceptors (Lipinski definition) is 4. The quantitative estimate of drug-likeness (QED) is 0.732. The van der Waals surface area contributed by atoms with Gasteiger partial charge in [0.25, 0.3) is 0 Å². The van der Waals surface area contributed by atoms with Crippen LogP contribution in [0.25, 0.3) is 0 Å². The molecule has 0 amide bonds. The largest absolute Gasteiger partial charge is 0.371 e. The van der Waals surface area contributed by atoms with Crippen LogP contribution in [0.5, 0.6) is 0 Å². The van der Waals surface area contributed by atoms with Gasteiger partial charge in [0.1, 0.15) is 6.07 Å². The molecule has 0 spiro atoms. The van der Waals surface area contributed by atoms with Gasteiger partial charge < -0.3 is 9.80 Å². The minimum Gasteiger partial charge on any atom is -0.371 e. The van der Waals surface area contributed by atoms with Gasteiger partial charge in [-0.3, -0.25) is 0 Å². The minimum absolute atomic E-state index is 0.485. The van der Waals surface area contributed by atoms with Crippen molar-refractivity contribution < 1.29 is 0 Å². The van der Waals surface area contributed by atoms with Crippen molar-refractivity contribution in [1.82, 2.24) is 9.88 Å².